The molecule has 1 aromatic rings. The summed E-state index contributed by atoms with van der Waals surface area (Å²) in [6, 6.07) is 10.8. The minimum absolute atomic E-state index is 0. The number of aliphatic imine (C=N–C) groups is 1. The minimum Gasteiger partial charge on any atom is -0.393 e. The molecular weight excluding hydrogens is 413 g/mol. The average Bonchev–Trinajstić information content (AvgIpc) is 2.98. The molecule has 0 aliphatic heterocycles. The molecule has 1 aliphatic rings. The van der Waals surface area contributed by atoms with Crippen LogP contribution in [0, 0.1) is 5.92 Å². The highest BCUT2D eigenvalue weighted by Crippen LogP contribution is 2.25. The molecule has 4 atom stereocenters. The van der Waals surface area contributed by atoms with Gasteiger partial charge in [-0.15, -0.1) is 24.0 Å². The Bertz CT molecular complexity index is 495. The SMILES string of the molecule is CCNC(=NCC1CCCC1O)NC(C)C(C)c1ccccc1.I. The Labute approximate surface area is 163 Å². The Morgan fingerprint density at radius 1 is 1.25 bits per heavy atom. The molecule has 0 heterocycles. The number of hydrogen-bond acceptors (Lipinski definition) is 2. The monoisotopic (exact) mass is 445 g/mol. The van der Waals surface area contributed by atoms with Gasteiger partial charge in [0.05, 0.1) is 6.10 Å². The molecule has 0 aromatic heterocycles. The number of aliphatic hydroxyl groups is 1. The lowest BCUT2D eigenvalue weighted by Gasteiger charge is -2.24. The molecule has 2 rings (SSSR count). The van der Waals surface area contributed by atoms with E-state index >= 15 is 0 Å². The molecule has 1 aromatic carbocycles. The van der Waals surface area contributed by atoms with E-state index in [1.165, 1.54) is 5.56 Å². The Morgan fingerprint density at radius 3 is 2.54 bits per heavy atom. The van der Waals surface area contributed by atoms with Gasteiger partial charge >= 0.3 is 0 Å². The van der Waals surface area contributed by atoms with Gasteiger partial charge in [-0.25, -0.2) is 0 Å². The van der Waals surface area contributed by atoms with E-state index in [0.717, 1.165) is 31.8 Å². The Morgan fingerprint density at radius 2 is 1.96 bits per heavy atom. The van der Waals surface area contributed by atoms with Crippen molar-refractivity contribution in [3.8, 4) is 0 Å². The molecule has 3 N–H and O–H groups in total. The summed E-state index contributed by atoms with van der Waals surface area (Å²) in [6.45, 7) is 8.04. The molecule has 0 bridgehead atoms. The molecule has 5 heteroatoms. The van der Waals surface area contributed by atoms with E-state index in [9.17, 15) is 5.11 Å². The Hall–Kier alpha value is -0.820. The molecule has 1 fully saturated rings. The second-order valence-electron chi connectivity index (χ2n) is 6.61. The van der Waals surface area contributed by atoms with Crippen LogP contribution in [0.2, 0.25) is 0 Å². The van der Waals surface area contributed by atoms with Gasteiger partial charge in [-0.3, -0.25) is 4.99 Å². The lowest BCUT2D eigenvalue weighted by atomic mass is 9.94. The van der Waals surface area contributed by atoms with Crippen LogP contribution in [-0.4, -0.2) is 36.3 Å². The highest BCUT2D eigenvalue weighted by Gasteiger charge is 2.25. The lowest BCUT2D eigenvalue weighted by molar-refractivity contribution is 0.136. The molecule has 0 saturated heterocycles. The van der Waals surface area contributed by atoms with Crippen molar-refractivity contribution in [1.82, 2.24) is 10.6 Å². The maximum atomic E-state index is 9.94. The Kier molecular flexibility index (Phi) is 9.66. The first-order valence-electron chi connectivity index (χ1n) is 8.89. The average molecular weight is 445 g/mol. The third-order valence-corrected chi connectivity index (χ3v) is 4.89. The zero-order valence-electron chi connectivity index (χ0n) is 15.0. The number of halogens is 1. The van der Waals surface area contributed by atoms with Gasteiger partial charge in [0.2, 0.25) is 0 Å². The van der Waals surface area contributed by atoms with Crippen molar-refractivity contribution in [3.63, 3.8) is 0 Å². The number of nitrogens with one attached hydrogen (secondary N) is 2. The fourth-order valence-electron chi connectivity index (χ4n) is 3.14. The van der Waals surface area contributed by atoms with Crippen LogP contribution in [0.4, 0.5) is 0 Å². The predicted molar refractivity (Wildman–Crippen MR) is 112 cm³/mol. The third-order valence-electron chi connectivity index (χ3n) is 4.89. The fourth-order valence-corrected chi connectivity index (χ4v) is 3.14. The number of aliphatic hydroxyl groups excluding tert-OH is 1. The maximum Gasteiger partial charge on any atom is 0.191 e. The number of rotatable bonds is 6. The van der Waals surface area contributed by atoms with Crippen LogP contribution in [0.3, 0.4) is 0 Å². The summed E-state index contributed by atoms with van der Waals surface area (Å²) in [4.78, 5) is 4.70. The molecule has 0 amide bonds. The molecule has 136 valence electrons. The van der Waals surface area contributed by atoms with Crippen molar-refractivity contribution in [3.05, 3.63) is 35.9 Å². The van der Waals surface area contributed by atoms with Crippen molar-refractivity contribution in [1.29, 1.82) is 0 Å². The van der Waals surface area contributed by atoms with Gasteiger partial charge in [-0.05, 0) is 32.3 Å². The van der Waals surface area contributed by atoms with Gasteiger partial charge < -0.3 is 15.7 Å². The number of nitrogens with zero attached hydrogens (tertiary/aromatic N) is 1. The second kappa shape index (κ2) is 10.9. The van der Waals surface area contributed by atoms with Crippen molar-refractivity contribution < 1.29 is 5.11 Å². The van der Waals surface area contributed by atoms with Crippen molar-refractivity contribution >= 4 is 29.9 Å². The quantitative estimate of drug-likeness (QED) is 0.357. The highest BCUT2D eigenvalue weighted by molar-refractivity contribution is 14.0. The second-order valence-corrected chi connectivity index (χ2v) is 6.61. The van der Waals surface area contributed by atoms with E-state index in [1.807, 2.05) is 6.07 Å². The van der Waals surface area contributed by atoms with Crippen LogP contribution >= 0.6 is 24.0 Å². The first kappa shape index (κ1) is 21.2. The van der Waals surface area contributed by atoms with Crippen LogP contribution in [0.15, 0.2) is 35.3 Å². The summed E-state index contributed by atoms with van der Waals surface area (Å²) < 4.78 is 0. The van der Waals surface area contributed by atoms with Crippen molar-refractivity contribution in [2.75, 3.05) is 13.1 Å². The molecule has 24 heavy (non-hydrogen) atoms. The van der Waals surface area contributed by atoms with E-state index in [0.29, 0.717) is 18.4 Å². The minimum atomic E-state index is -0.178. The van der Waals surface area contributed by atoms with E-state index in [2.05, 4.69) is 55.7 Å². The topological polar surface area (TPSA) is 56.7 Å². The molecule has 4 unspecified atom stereocenters. The van der Waals surface area contributed by atoms with Gasteiger partial charge in [-0.2, -0.15) is 0 Å². The van der Waals surface area contributed by atoms with E-state index in [1.54, 1.807) is 0 Å². The van der Waals surface area contributed by atoms with Gasteiger partial charge in [0.1, 0.15) is 0 Å². The summed E-state index contributed by atoms with van der Waals surface area (Å²) in [5.41, 5.74) is 1.33. The Balaban J connectivity index is 0.00000288. The van der Waals surface area contributed by atoms with E-state index < -0.39 is 0 Å². The van der Waals surface area contributed by atoms with Crippen LogP contribution in [0.5, 0.6) is 0 Å². The summed E-state index contributed by atoms with van der Waals surface area (Å²) in [5.74, 6) is 1.56. The van der Waals surface area contributed by atoms with Crippen LogP contribution in [-0.2, 0) is 0 Å². The van der Waals surface area contributed by atoms with Gasteiger partial charge in [0, 0.05) is 31.0 Å². The standard InChI is InChI=1S/C19H31N3O.HI/c1-4-20-19(21-13-17-11-8-12-18(17)23)22-15(3)14(2)16-9-6-5-7-10-16;/h5-7,9-10,14-15,17-18,23H,4,8,11-13H2,1-3H3,(H2,20,21,22);1H. The first-order valence-corrected chi connectivity index (χ1v) is 8.89. The van der Waals surface area contributed by atoms with E-state index in [-0.39, 0.29) is 36.1 Å². The van der Waals surface area contributed by atoms with E-state index in [4.69, 9.17) is 4.99 Å². The molecule has 1 aliphatic carbocycles. The molecule has 0 radical (unpaired) electrons. The summed E-state index contributed by atoms with van der Waals surface area (Å²) >= 11 is 0. The van der Waals surface area contributed by atoms with Crippen LogP contribution in [0.1, 0.15) is 51.5 Å². The normalized spacial score (nSPS) is 23.2. The smallest absolute Gasteiger partial charge is 0.191 e. The van der Waals surface area contributed by atoms with Crippen molar-refractivity contribution in [2.24, 2.45) is 10.9 Å². The van der Waals surface area contributed by atoms with Crippen molar-refractivity contribution in [2.45, 2.75) is 58.1 Å². The zero-order chi connectivity index (χ0) is 16.7. The zero-order valence-corrected chi connectivity index (χ0v) is 17.4. The largest absolute Gasteiger partial charge is 0.393 e. The van der Waals surface area contributed by atoms with Crippen LogP contribution in [0.25, 0.3) is 0 Å². The van der Waals surface area contributed by atoms with Gasteiger partial charge in [-0.1, -0.05) is 43.7 Å². The highest BCUT2D eigenvalue weighted by atomic mass is 127. The maximum absolute atomic E-state index is 9.94. The first-order chi connectivity index (χ1) is 11.1. The summed E-state index contributed by atoms with van der Waals surface area (Å²) in [5, 5.41) is 16.8. The molecular formula is C19H32IN3O. The van der Waals surface area contributed by atoms with Gasteiger partial charge in [0.25, 0.3) is 0 Å². The number of guanidine groups is 1. The lowest BCUT2D eigenvalue weighted by Crippen LogP contribution is -2.44. The number of hydrogen-bond donors (Lipinski definition) is 3. The fraction of sp³-hybridized carbons (Fsp3) is 0.632. The van der Waals surface area contributed by atoms with Gasteiger partial charge in [0.15, 0.2) is 5.96 Å². The number of benzene rings is 1. The molecule has 1 saturated carbocycles. The molecule has 4 nitrogen and oxygen atoms in total. The molecule has 0 spiro atoms. The van der Waals surface area contributed by atoms with Crippen LogP contribution < -0.4 is 10.6 Å². The predicted octanol–water partition coefficient (Wildman–Crippen LogP) is 3.51. The summed E-state index contributed by atoms with van der Waals surface area (Å²) in [6.07, 6.45) is 2.94. The summed E-state index contributed by atoms with van der Waals surface area (Å²) in [7, 11) is 0. The third kappa shape index (κ3) is 6.24.